The number of anilines is 1. The minimum Gasteiger partial charge on any atom is -0.358 e. The number of fused-ring (bicyclic) bond motifs is 2. The van der Waals surface area contributed by atoms with Crippen molar-refractivity contribution in [3.63, 3.8) is 0 Å². The van der Waals surface area contributed by atoms with Crippen molar-refractivity contribution in [2.75, 3.05) is 5.32 Å². The summed E-state index contributed by atoms with van der Waals surface area (Å²) < 4.78 is 0. The van der Waals surface area contributed by atoms with Gasteiger partial charge in [-0.05, 0) is 53.9 Å². The lowest BCUT2D eigenvalue weighted by Gasteiger charge is -2.13. The van der Waals surface area contributed by atoms with Gasteiger partial charge in [-0.15, -0.1) is 0 Å². The van der Waals surface area contributed by atoms with Crippen molar-refractivity contribution < 1.29 is 0 Å². The zero-order valence-corrected chi connectivity index (χ0v) is 20.1. The first-order chi connectivity index (χ1) is 17.6. The van der Waals surface area contributed by atoms with Crippen molar-refractivity contribution in [1.29, 1.82) is 0 Å². The Morgan fingerprint density at radius 3 is 2.53 bits per heavy atom. The molecule has 0 unspecified atom stereocenters. The highest BCUT2D eigenvalue weighted by Crippen LogP contribution is 2.34. The second kappa shape index (κ2) is 8.78. The van der Waals surface area contributed by atoms with Crippen LogP contribution in [0.4, 0.5) is 5.69 Å². The van der Waals surface area contributed by atoms with E-state index in [1.807, 2.05) is 43.0 Å². The molecule has 1 aromatic carbocycles. The summed E-state index contributed by atoms with van der Waals surface area (Å²) in [7, 11) is 0. The van der Waals surface area contributed by atoms with E-state index in [1.165, 1.54) is 0 Å². The monoisotopic (exact) mass is 471 g/mol. The molecule has 6 aromatic rings. The number of hydrogen-bond acceptors (Lipinski definition) is 5. The molecule has 0 fully saturated rings. The Kier molecular flexibility index (Phi) is 5.30. The number of nitrogens with zero attached hydrogens (tertiary/aromatic N) is 4. The van der Waals surface area contributed by atoms with Gasteiger partial charge in [-0.3, -0.25) is 20.1 Å². The molecule has 0 atom stereocenters. The second-order valence-electron chi connectivity index (χ2n) is 9.15. The average Bonchev–Trinajstić information content (AvgIpc) is 3.53. The molecule has 0 amide bonds. The van der Waals surface area contributed by atoms with Gasteiger partial charge in [-0.2, -0.15) is 5.10 Å². The first-order valence-corrected chi connectivity index (χ1v) is 11.8. The highest BCUT2D eigenvalue weighted by atomic mass is 15.1. The molecule has 3 N–H and O–H groups in total. The van der Waals surface area contributed by atoms with Crippen LogP contribution in [0.1, 0.15) is 13.8 Å². The molecule has 0 saturated carbocycles. The first-order valence-electron chi connectivity index (χ1n) is 11.8. The molecule has 0 saturated heterocycles. The van der Waals surface area contributed by atoms with Gasteiger partial charge in [0.2, 0.25) is 0 Å². The number of aromatic amines is 2. The maximum Gasteiger partial charge on any atom is 0.116 e. The quantitative estimate of drug-likeness (QED) is 0.248. The number of aromatic nitrogens is 6. The minimum atomic E-state index is 0.337. The van der Waals surface area contributed by atoms with Crippen molar-refractivity contribution in [2.45, 2.75) is 13.8 Å². The molecule has 7 nitrogen and oxygen atoms in total. The van der Waals surface area contributed by atoms with E-state index in [4.69, 9.17) is 0 Å². The van der Waals surface area contributed by atoms with Crippen LogP contribution in [-0.4, -0.2) is 30.1 Å². The third-order valence-electron chi connectivity index (χ3n) is 6.37. The lowest BCUT2D eigenvalue weighted by Crippen LogP contribution is -2.04. The molecule has 0 radical (unpaired) electrons. The Bertz CT molecular complexity index is 1710. The Morgan fingerprint density at radius 1 is 0.833 bits per heavy atom. The number of pyridine rings is 3. The van der Waals surface area contributed by atoms with Crippen LogP contribution in [0.2, 0.25) is 0 Å². The molecule has 7 heteroatoms. The minimum absolute atomic E-state index is 0.337. The normalized spacial score (nSPS) is 11.4. The number of hydrogen-bond donors (Lipinski definition) is 3. The third kappa shape index (κ3) is 3.90. The van der Waals surface area contributed by atoms with E-state index in [0.29, 0.717) is 5.92 Å². The van der Waals surface area contributed by atoms with E-state index in [2.05, 4.69) is 86.2 Å². The average molecular weight is 472 g/mol. The first kappa shape index (κ1) is 21.7. The van der Waals surface area contributed by atoms with E-state index < -0.39 is 0 Å². The zero-order valence-electron chi connectivity index (χ0n) is 20.1. The largest absolute Gasteiger partial charge is 0.358 e. The number of nitrogens with one attached hydrogen (secondary N) is 3. The summed E-state index contributed by atoms with van der Waals surface area (Å²) in [6.45, 7) is 8.34. The van der Waals surface area contributed by atoms with Gasteiger partial charge >= 0.3 is 0 Å². The zero-order chi connectivity index (χ0) is 24.6. The van der Waals surface area contributed by atoms with Crippen LogP contribution in [-0.2, 0) is 0 Å². The van der Waals surface area contributed by atoms with E-state index in [0.717, 1.165) is 67.0 Å². The highest BCUT2D eigenvalue weighted by Gasteiger charge is 2.15. The van der Waals surface area contributed by atoms with Crippen LogP contribution in [0.15, 0.2) is 91.8 Å². The van der Waals surface area contributed by atoms with Gasteiger partial charge in [0, 0.05) is 57.9 Å². The molecule has 0 aliphatic carbocycles. The van der Waals surface area contributed by atoms with Crippen molar-refractivity contribution in [3.05, 3.63) is 91.8 Å². The topological polar surface area (TPSA) is 95.2 Å². The molecule has 5 heterocycles. The Balaban J connectivity index is 1.41. The summed E-state index contributed by atoms with van der Waals surface area (Å²) in [6, 6.07) is 16.4. The van der Waals surface area contributed by atoms with Gasteiger partial charge in [0.05, 0.1) is 28.8 Å². The van der Waals surface area contributed by atoms with Crippen molar-refractivity contribution in [2.24, 2.45) is 5.92 Å². The summed E-state index contributed by atoms with van der Waals surface area (Å²) in [6.07, 6.45) is 9.10. The van der Waals surface area contributed by atoms with Crippen LogP contribution in [0.5, 0.6) is 0 Å². The SMILES string of the molecule is C=C(Nc1cncc(-c2ccc3[nH]nc(-c4cc5c(-c6cccnc6)nccc5[nH]4)c3c2)c1)C(C)C. The van der Waals surface area contributed by atoms with Crippen LogP contribution in [0, 0.1) is 5.92 Å². The molecular weight excluding hydrogens is 446 g/mol. The summed E-state index contributed by atoms with van der Waals surface area (Å²) in [5, 5.41) is 13.2. The maximum atomic E-state index is 4.65. The van der Waals surface area contributed by atoms with Gasteiger partial charge in [-0.1, -0.05) is 26.5 Å². The fourth-order valence-electron chi connectivity index (χ4n) is 4.31. The number of rotatable bonds is 6. The van der Waals surface area contributed by atoms with Crippen LogP contribution in [0.3, 0.4) is 0 Å². The fraction of sp³-hybridized carbons (Fsp3) is 0.103. The second-order valence-corrected chi connectivity index (χ2v) is 9.15. The number of H-pyrrole nitrogens is 2. The van der Waals surface area contributed by atoms with Crippen molar-refractivity contribution >= 4 is 27.5 Å². The summed E-state index contributed by atoms with van der Waals surface area (Å²) in [4.78, 5) is 16.8. The molecule has 0 aliphatic heterocycles. The lowest BCUT2D eigenvalue weighted by atomic mass is 10.0. The highest BCUT2D eigenvalue weighted by molar-refractivity contribution is 6.00. The fourth-order valence-corrected chi connectivity index (χ4v) is 4.31. The van der Waals surface area contributed by atoms with Gasteiger partial charge < -0.3 is 10.3 Å². The van der Waals surface area contributed by atoms with Crippen LogP contribution >= 0.6 is 0 Å². The Hall–Kier alpha value is -4.78. The van der Waals surface area contributed by atoms with Gasteiger partial charge in [0.1, 0.15) is 5.69 Å². The summed E-state index contributed by atoms with van der Waals surface area (Å²) in [5.41, 5.74) is 9.57. The van der Waals surface area contributed by atoms with Crippen molar-refractivity contribution in [3.8, 4) is 33.8 Å². The van der Waals surface area contributed by atoms with E-state index in [1.54, 1.807) is 6.20 Å². The summed E-state index contributed by atoms with van der Waals surface area (Å²) >= 11 is 0. The van der Waals surface area contributed by atoms with E-state index in [9.17, 15) is 0 Å². The predicted molar refractivity (Wildman–Crippen MR) is 145 cm³/mol. The van der Waals surface area contributed by atoms with Gasteiger partial charge in [-0.25, -0.2) is 0 Å². The van der Waals surface area contributed by atoms with Crippen LogP contribution in [0.25, 0.3) is 55.6 Å². The Labute approximate surface area is 208 Å². The molecule has 6 rings (SSSR count). The molecule has 5 aromatic heterocycles. The van der Waals surface area contributed by atoms with Crippen LogP contribution < -0.4 is 5.32 Å². The standard InChI is InChI=1S/C29H25N7/c1-17(2)18(3)33-22-11-21(15-31-16-22)19-6-7-26-23(12-19)29(36-35-26)27-13-24-25(34-27)8-10-32-28(24)20-5-4-9-30-14-20/h4-17,33-34H,3H2,1-2H3,(H,35,36). The maximum absolute atomic E-state index is 4.65. The van der Waals surface area contributed by atoms with Gasteiger partial charge in [0.15, 0.2) is 0 Å². The Morgan fingerprint density at radius 2 is 1.69 bits per heavy atom. The molecule has 0 bridgehead atoms. The molecule has 0 spiro atoms. The third-order valence-corrected chi connectivity index (χ3v) is 6.37. The number of benzene rings is 1. The molecule has 0 aliphatic rings. The predicted octanol–water partition coefficient (Wildman–Crippen LogP) is 6.81. The molecular formula is C29H25N7. The van der Waals surface area contributed by atoms with Crippen molar-refractivity contribution in [1.82, 2.24) is 30.1 Å². The molecule has 36 heavy (non-hydrogen) atoms. The summed E-state index contributed by atoms with van der Waals surface area (Å²) in [5.74, 6) is 0.337. The van der Waals surface area contributed by atoms with E-state index >= 15 is 0 Å². The molecule has 176 valence electrons. The number of allylic oxidation sites excluding steroid dienone is 1. The van der Waals surface area contributed by atoms with Gasteiger partial charge in [0.25, 0.3) is 0 Å². The van der Waals surface area contributed by atoms with E-state index in [-0.39, 0.29) is 0 Å². The smallest absolute Gasteiger partial charge is 0.116 e. The lowest BCUT2D eigenvalue weighted by molar-refractivity contribution is 0.778.